The fourth-order valence-electron chi connectivity index (χ4n) is 1.42. The van der Waals surface area contributed by atoms with Crippen LogP contribution in [0.4, 0.5) is 0 Å². The number of hydrogen-bond donors (Lipinski definition) is 2. The van der Waals surface area contributed by atoms with Crippen molar-refractivity contribution in [3.05, 3.63) is 53.0 Å². The van der Waals surface area contributed by atoms with Crippen molar-refractivity contribution >= 4 is 27.7 Å². The van der Waals surface area contributed by atoms with E-state index >= 15 is 0 Å². The van der Waals surface area contributed by atoms with Crippen LogP contribution in [0, 0.1) is 0 Å². The Morgan fingerprint density at radius 3 is 2.67 bits per heavy atom. The minimum Gasteiger partial charge on any atom is -0.271 e. The molecule has 1 unspecified atom stereocenters. The van der Waals surface area contributed by atoms with Crippen LogP contribution in [-0.2, 0) is 0 Å². The molecule has 6 heteroatoms. The van der Waals surface area contributed by atoms with Crippen molar-refractivity contribution in [3.63, 3.8) is 0 Å². The second-order valence-corrected chi connectivity index (χ2v) is 5.62. The van der Waals surface area contributed by atoms with E-state index in [-0.39, 0.29) is 6.04 Å². The number of benzene rings is 1. The van der Waals surface area contributed by atoms with Crippen molar-refractivity contribution in [1.82, 2.24) is 15.4 Å². The Morgan fingerprint density at radius 2 is 2.06 bits per heavy atom. The molecule has 1 aromatic carbocycles. The van der Waals surface area contributed by atoms with Crippen LogP contribution in [-0.4, -0.2) is 15.7 Å². The number of nitrogens with zero attached hydrogens (tertiary/aromatic N) is 2. The zero-order chi connectivity index (χ0) is 12.8. The molecule has 3 N–H and O–H groups in total. The van der Waals surface area contributed by atoms with Crippen LogP contribution in [0.2, 0.25) is 0 Å². The molecule has 0 saturated heterocycles. The molecule has 18 heavy (non-hydrogen) atoms. The van der Waals surface area contributed by atoms with E-state index in [1.807, 2.05) is 12.1 Å². The van der Waals surface area contributed by atoms with E-state index in [4.69, 9.17) is 5.84 Å². The van der Waals surface area contributed by atoms with Gasteiger partial charge in [-0.1, -0.05) is 15.9 Å². The van der Waals surface area contributed by atoms with Crippen molar-refractivity contribution in [2.45, 2.75) is 10.9 Å². The highest BCUT2D eigenvalue weighted by molar-refractivity contribution is 9.10. The van der Waals surface area contributed by atoms with Gasteiger partial charge >= 0.3 is 0 Å². The van der Waals surface area contributed by atoms with Crippen molar-refractivity contribution in [1.29, 1.82) is 0 Å². The standard InChI is InChI=1S/C12H13BrN4S/c13-9-1-3-10(4-2-9)18-8-12(17-14)11-7-15-5-6-16-11/h1-7,12,17H,8,14H2. The van der Waals surface area contributed by atoms with Gasteiger partial charge in [0.25, 0.3) is 0 Å². The van der Waals surface area contributed by atoms with Gasteiger partial charge in [-0.3, -0.25) is 21.2 Å². The molecular weight excluding hydrogens is 312 g/mol. The Labute approximate surface area is 119 Å². The van der Waals surface area contributed by atoms with E-state index in [1.165, 1.54) is 4.90 Å². The van der Waals surface area contributed by atoms with Gasteiger partial charge in [0.2, 0.25) is 0 Å². The highest BCUT2D eigenvalue weighted by Gasteiger charge is 2.11. The van der Waals surface area contributed by atoms with Gasteiger partial charge < -0.3 is 0 Å². The molecule has 0 aliphatic carbocycles. The van der Waals surface area contributed by atoms with Gasteiger partial charge in [-0.05, 0) is 24.3 Å². The lowest BCUT2D eigenvalue weighted by Crippen LogP contribution is -2.30. The van der Waals surface area contributed by atoms with E-state index < -0.39 is 0 Å². The van der Waals surface area contributed by atoms with Gasteiger partial charge in [-0.2, -0.15) is 0 Å². The molecule has 0 saturated carbocycles. The maximum atomic E-state index is 5.55. The summed E-state index contributed by atoms with van der Waals surface area (Å²) in [6.07, 6.45) is 5.05. The van der Waals surface area contributed by atoms with Gasteiger partial charge in [0.15, 0.2) is 0 Å². The SMILES string of the molecule is NNC(CSc1ccc(Br)cc1)c1cnccn1. The van der Waals surface area contributed by atoms with Gasteiger partial charge in [0.1, 0.15) is 0 Å². The summed E-state index contributed by atoms with van der Waals surface area (Å²) < 4.78 is 1.08. The summed E-state index contributed by atoms with van der Waals surface area (Å²) in [5.41, 5.74) is 3.62. The average Bonchev–Trinajstić information content (AvgIpc) is 2.43. The number of nitrogens with two attached hydrogens (primary N) is 1. The molecule has 2 aromatic rings. The largest absolute Gasteiger partial charge is 0.271 e. The smallest absolute Gasteiger partial charge is 0.0778 e. The van der Waals surface area contributed by atoms with Gasteiger partial charge in [0, 0.05) is 27.5 Å². The Morgan fingerprint density at radius 1 is 1.28 bits per heavy atom. The van der Waals surface area contributed by atoms with Crippen LogP contribution < -0.4 is 11.3 Å². The molecule has 1 heterocycles. The first-order valence-corrected chi connectivity index (χ1v) is 7.18. The molecule has 0 radical (unpaired) electrons. The van der Waals surface area contributed by atoms with Gasteiger partial charge in [-0.25, -0.2) is 0 Å². The van der Waals surface area contributed by atoms with E-state index in [1.54, 1.807) is 30.4 Å². The van der Waals surface area contributed by atoms with Crippen LogP contribution in [0.5, 0.6) is 0 Å². The van der Waals surface area contributed by atoms with Crippen LogP contribution in [0.15, 0.2) is 52.2 Å². The zero-order valence-corrected chi connectivity index (χ0v) is 12.0. The van der Waals surface area contributed by atoms with E-state index in [9.17, 15) is 0 Å². The van der Waals surface area contributed by atoms with Crippen molar-refractivity contribution in [2.24, 2.45) is 5.84 Å². The number of rotatable bonds is 5. The summed E-state index contributed by atoms with van der Waals surface area (Å²) in [6.45, 7) is 0. The summed E-state index contributed by atoms with van der Waals surface area (Å²) in [6, 6.07) is 8.18. The van der Waals surface area contributed by atoms with E-state index in [0.717, 1.165) is 15.9 Å². The molecule has 4 nitrogen and oxygen atoms in total. The Bertz CT molecular complexity index is 477. The minimum atomic E-state index is -0.00709. The van der Waals surface area contributed by atoms with Crippen molar-refractivity contribution in [2.75, 3.05) is 5.75 Å². The molecular formula is C12H13BrN4S. The molecule has 94 valence electrons. The maximum absolute atomic E-state index is 5.55. The summed E-state index contributed by atoms with van der Waals surface area (Å²) in [7, 11) is 0. The number of hydrogen-bond acceptors (Lipinski definition) is 5. The third-order valence-electron chi connectivity index (χ3n) is 2.37. The van der Waals surface area contributed by atoms with Gasteiger partial charge in [0.05, 0.1) is 17.9 Å². The molecule has 0 amide bonds. The highest BCUT2D eigenvalue weighted by Crippen LogP contribution is 2.24. The normalized spacial score (nSPS) is 12.3. The summed E-state index contributed by atoms with van der Waals surface area (Å²) in [5, 5.41) is 0. The predicted molar refractivity (Wildman–Crippen MR) is 77.0 cm³/mol. The fraction of sp³-hybridized carbons (Fsp3) is 0.167. The third-order valence-corrected chi connectivity index (χ3v) is 4.01. The molecule has 0 aliphatic heterocycles. The number of thioether (sulfide) groups is 1. The van der Waals surface area contributed by atoms with Crippen LogP contribution in [0.25, 0.3) is 0 Å². The first kappa shape index (κ1) is 13.5. The quantitative estimate of drug-likeness (QED) is 0.502. The molecule has 0 bridgehead atoms. The molecule has 0 spiro atoms. The van der Waals surface area contributed by atoms with Gasteiger partial charge in [-0.15, -0.1) is 11.8 Å². The van der Waals surface area contributed by atoms with Crippen molar-refractivity contribution in [3.8, 4) is 0 Å². The maximum Gasteiger partial charge on any atom is 0.0778 e. The summed E-state index contributed by atoms with van der Waals surface area (Å²) in [5.74, 6) is 6.36. The molecule has 1 aromatic heterocycles. The lowest BCUT2D eigenvalue weighted by Gasteiger charge is -2.14. The zero-order valence-electron chi connectivity index (χ0n) is 9.58. The summed E-state index contributed by atoms with van der Waals surface area (Å²) in [4.78, 5) is 9.49. The number of hydrazine groups is 1. The number of halogens is 1. The van der Waals surface area contributed by atoms with Crippen LogP contribution >= 0.6 is 27.7 Å². The monoisotopic (exact) mass is 324 g/mol. The Kier molecular flexibility index (Phi) is 5.12. The lowest BCUT2D eigenvalue weighted by molar-refractivity contribution is 0.592. The van der Waals surface area contributed by atoms with Crippen molar-refractivity contribution < 1.29 is 0 Å². The first-order valence-electron chi connectivity index (χ1n) is 5.40. The second kappa shape index (κ2) is 6.84. The Hall–Kier alpha value is -0.950. The van der Waals surface area contributed by atoms with E-state index in [2.05, 4.69) is 43.5 Å². The molecule has 2 rings (SSSR count). The molecule has 0 fully saturated rings. The first-order chi connectivity index (χ1) is 8.79. The van der Waals surface area contributed by atoms with E-state index in [0.29, 0.717) is 0 Å². The predicted octanol–water partition coefficient (Wildman–Crippen LogP) is 2.54. The average molecular weight is 325 g/mol. The Balaban J connectivity index is 1.97. The number of aromatic nitrogens is 2. The second-order valence-electron chi connectivity index (χ2n) is 3.61. The third kappa shape index (κ3) is 3.78. The topological polar surface area (TPSA) is 63.8 Å². The lowest BCUT2D eigenvalue weighted by atomic mass is 10.2. The fourth-order valence-corrected chi connectivity index (χ4v) is 2.64. The molecule has 0 aliphatic rings. The highest BCUT2D eigenvalue weighted by atomic mass is 79.9. The van der Waals surface area contributed by atoms with Crippen LogP contribution in [0.1, 0.15) is 11.7 Å². The number of nitrogens with one attached hydrogen (secondary N) is 1. The summed E-state index contributed by atoms with van der Waals surface area (Å²) >= 11 is 5.14. The minimum absolute atomic E-state index is 0.00709. The van der Waals surface area contributed by atoms with Crippen LogP contribution in [0.3, 0.4) is 0 Å². The molecule has 1 atom stereocenters.